The van der Waals surface area contributed by atoms with Gasteiger partial charge in [0.2, 0.25) is 5.91 Å². The number of amides is 1. The predicted molar refractivity (Wildman–Crippen MR) is 87.5 cm³/mol. The molecule has 0 aliphatic heterocycles. The maximum atomic E-state index is 11.8. The predicted octanol–water partition coefficient (Wildman–Crippen LogP) is 2.83. The molecule has 1 heterocycles. The fourth-order valence-corrected chi connectivity index (χ4v) is 3.62. The van der Waals surface area contributed by atoms with Gasteiger partial charge >= 0.3 is 0 Å². The molecule has 2 rings (SSSR count). The van der Waals surface area contributed by atoms with Gasteiger partial charge in [0.15, 0.2) is 0 Å². The molecule has 1 aliphatic rings. The van der Waals surface area contributed by atoms with E-state index in [-0.39, 0.29) is 11.8 Å². The standard InChI is InChI=1S/C16H27N3OS/c1-11(2)15(17)16(20)18-9-8-14-19-13(10-21-14)12-6-4-3-5-7-12/h10-12,15H,3-9,17H2,1-2H3,(H,18,20)/t15-/m0/s1. The van der Waals surface area contributed by atoms with Gasteiger partial charge in [0, 0.05) is 24.3 Å². The Morgan fingerprint density at radius 3 is 2.81 bits per heavy atom. The number of nitrogens with two attached hydrogens (primary N) is 1. The fourth-order valence-electron chi connectivity index (χ4n) is 2.74. The van der Waals surface area contributed by atoms with E-state index in [1.165, 1.54) is 37.8 Å². The van der Waals surface area contributed by atoms with Crippen LogP contribution in [0.25, 0.3) is 0 Å². The largest absolute Gasteiger partial charge is 0.354 e. The molecule has 21 heavy (non-hydrogen) atoms. The van der Waals surface area contributed by atoms with Gasteiger partial charge in [-0.1, -0.05) is 33.1 Å². The van der Waals surface area contributed by atoms with Crippen molar-refractivity contribution in [2.45, 2.75) is 64.3 Å². The lowest BCUT2D eigenvalue weighted by Gasteiger charge is -2.19. The summed E-state index contributed by atoms with van der Waals surface area (Å²) in [7, 11) is 0. The smallest absolute Gasteiger partial charge is 0.237 e. The van der Waals surface area contributed by atoms with Gasteiger partial charge in [0.25, 0.3) is 0 Å². The highest BCUT2D eigenvalue weighted by Gasteiger charge is 2.19. The summed E-state index contributed by atoms with van der Waals surface area (Å²) in [6.45, 7) is 4.54. The van der Waals surface area contributed by atoms with Gasteiger partial charge in [-0.25, -0.2) is 4.98 Å². The van der Waals surface area contributed by atoms with E-state index in [2.05, 4.69) is 10.7 Å². The van der Waals surface area contributed by atoms with Gasteiger partial charge in [0.05, 0.1) is 16.7 Å². The zero-order valence-corrected chi connectivity index (χ0v) is 13.9. The molecule has 1 fully saturated rings. The summed E-state index contributed by atoms with van der Waals surface area (Å²) in [5.74, 6) is 0.768. The van der Waals surface area contributed by atoms with Crippen molar-refractivity contribution >= 4 is 17.2 Å². The summed E-state index contributed by atoms with van der Waals surface area (Å²) in [5, 5.41) is 6.22. The van der Waals surface area contributed by atoms with Gasteiger partial charge in [-0.3, -0.25) is 4.79 Å². The third-order valence-electron chi connectivity index (χ3n) is 4.25. The van der Waals surface area contributed by atoms with Crippen LogP contribution in [0.4, 0.5) is 0 Å². The highest BCUT2D eigenvalue weighted by molar-refractivity contribution is 7.09. The summed E-state index contributed by atoms with van der Waals surface area (Å²) in [6.07, 6.45) is 7.40. The molecule has 0 radical (unpaired) electrons. The lowest BCUT2D eigenvalue weighted by atomic mass is 9.87. The summed E-state index contributed by atoms with van der Waals surface area (Å²) in [6, 6.07) is -0.418. The number of rotatable bonds is 6. The van der Waals surface area contributed by atoms with E-state index in [1.54, 1.807) is 11.3 Å². The molecule has 1 atom stereocenters. The minimum Gasteiger partial charge on any atom is -0.354 e. The molecular weight excluding hydrogens is 282 g/mol. The van der Waals surface area contributed by atoms with E-state index in [9.17, 15) is 4.79 Å². The van der Waals surface area contributed by atoms with Crippen molar-refractivity contribution in [1.82, 2.24) is 10.3 Å². The molecule has 118 valence electrons. The fraction of sp³-hybridized carbons (Fsp3) is 0.750. The Bertz CT molecular complexity index is 452. The van der Waals surface area contributed by atoms with E-state index in [0.29, 0.717) is 12.5 Å². The van der Waals surface area contributed by atoms with Gasteiger partial charge < -0.3 is 11.1 Å². The van der Waals surface area contributed by atoms with Crippen LogP contribution in [0.1, 0.15) is 62.6 Å². The topological polar surface area (TPSA) is 68.0 Å². The van der Waals surface area contributed by atoms with Gasteiger partial charge in [0.1, 0.15) is 0 Å². The summed E-state index contributed by atoms with van der Waals surface area (Å²) >= 11 is 1.72. The van der Waals surface area contributed by atoms with Gasteiger partial charge in [-0.2, -0.15) is 0 Å². The quantitative estimate of drug-likeness (QED) is 0.849. The Hall–Kier alpha value is -0.940. The summed E-state index contributed by atoms with van der Waals surface area (Å²) in [5.41, 5.74) is 7.08. The van der Waals surface area contributed by atoms with E-state index < -0.39 is 6.04 Å². The zero-order valence-electron chi connectivity index (χ0n) is 13.1. The van der Waals surface area contributed by atoms with Crippen molar-refractivity contribution in [3.63, 3.8) is 0 Å². The summed E-state index contributed by atoms with van der Waals surface area (Å²) in [4.78, 5) is 16.5. The minimum atomic E-state index is -0.418. The highest BCUT2D eigenvalue weighted by Crippen LogP contribution is 2.33. The molecule has 0 saturated heterocycles. The van der Waals surface area contributed by atoms with Crippen molar-refractivity contribution in [1.29, 1.82) is 0 Å². The normalized spacial score (nSPS) is 17.9. The minimum absolute atomic E-state index is 0.0611. The Morgan fingerprint density at radius 2 is 2.14 bits per heavy atom. The summed E-state index contributed by atoms with van der Waals surface area (Å²) < 4.78 is 0. The van der Waals surface area contributed by atoms with E-state index >= 15 is 0 Å². The van der Waals surface area contributed by atoms with Crippen LogP contribution in [-0.2, 0) is 11.2 Å². The Kier molecular flexibility index (Phi) is 6.18. The van der Waals surface area contributed by atoms with E-state index in [0.717, 1.165) is 11.4 Å². The second-order valence-corrected chi connectivity index (χ2v) is 7.25. The van der Waals surface area contributed by atoms with Crippen molar-refractivity contribution in [3.05, 3.63) is 16.1 Å². The first-order valence-electron chi connectivity index (χ1n) is 8.05. The molecule has 1 saturated carbocycles. The number of nitrogens with zero attached hydrogens (tertiary/aromatic N) is 1. The van der Waals surface area contributed by atoms with Crippen LogP contribution in [0.2, 0.25) is 0 Å². The average Bonchev–Trinajstić information content (AvgIpc) is 2.96. The van der Waals surface area contributed by atoms with Crippen LogP contribution >= 0.6 is 11.3 Å². The van der Waals surface area contributed by atoms with E-state index in [1.807, 2.05) is 13.8 Å². The Morgan fingerprint density at radius 1 is 1.43 bits per heavy atom. The van der Waals surface area contributed by atoms with Crippen molar-refractivity contribution in [3.8, 4) is 0 Å². The first-order chi connectivity index (χ1) is 10.1. The molecule has 0 bridgehead atoms. The lowest BCUT2D eigenvalue weighted by molar-refractivity contribution is -0.123. The third kappa shape index (κ3) is 4.78. The van der Waals surface area contributed by atoms with Crippen LogP contribution < -0.4 is 11.1 Å². The van der Waals surface area contributed by atoms with Crippen LogP contribution in [-0.4, -0.2) is 23.5 Å². The molecule has 1 aliphatic carbocycles. The lowest BCUT2D eigenvalue weighted by Crippen LogP contribution is -2.44. The molecule has 1 aromatic heterocycles. The van der Waals surface area contributed by atoms with Crippen molar-refractivity contribution < 1.29 is 4.79 Å². The maximum absolute atomic E-state index is 11.8. The monoisotopic (exact) mass is 309 g/mol. The molecule has 4 nitrogen and oxygen atoms in total. The highest BCUT2D eigenvalue weighted by atomic mass is 32.1. The second kappa shape index (κ2) is 7.90. The first-order valence-corrected chi connectivity index (χ1v) is 8.93. The number of hydrogen-bond donors (Lipinski definition) is 2. The number of carbonyl (C=O) groups is 1. The average molecular weight is 309 g/mol. The molecule has 1 aromatic rings. The molecule has 0 aromatic carbocycles. The Labute approximate surface area is 131 Å². The van der Waals surface area contributed by atoms with Crippen LogP contribution in [0, 0.1) is 5.92 Å². The molecule has 0 unspecified atom stereocenters. The number of carbonyl (C=O) groups excluding carboxylic acids is 1. The molecular formula is C16H27N3OS. The van der Waals surface area contributed by atoms with Crippen LogP contribution in [0.3, 0.4) is 0 Å². The van der Waals surface area contributed by atoms with Crippen molar-refractivity contribution in [2.24, 2.45) is 11.7 Å². The third-order valence-corrected chi connectivity index (χ3v) is 5.18. The molecule has 3 N–H and O–H groups in total. The second-order valence-electron chi connectivity index (χ2n) is 6.31. The number of thiazole rings is 1. The molecule has 1 amide bonds. The SMILES string of the molecule is CC(C)[C@H](N)C(=O)NCCc1nc(C2CCCCC2)cs1. The van der Waals surface area contributed by atoms with Crippen LogP contribution in [0.5, 0.6) is 0 Å². The zero-order chi connectivity index (χ0) is 15.2. The van der Waals surface area contributed by atoms with Gasteiger partial charge in [-0.05, 0) is 18.8 Å². The number of hydrogen-bond acceptors (Lipinski definition) is 4. The molecule has 5 heteroatoms. The number of aromatic nitrogens is 1. The first kappa shape index (κ1) is 16.4. The van der Waals surface area contributed by atoms with Crippen LogP contribution in [0.15, 0.2) is 5.38 Å². The number of nitrogens with one attached hydrogen (secondary N) is 1. The van der Waals surface area contributed by atoms with Crippen molar-refractivity contribution in [2.75, 3.05) is 6.54 Å². The van der Waals surface area contributed by atoms with E-state index in [4.69, 9.17) is 10.7 Å². The van der Waals surface area contributed by atoms with Gasteiger partial charge in [-0.15, -0.1) is 11.3 Å². The Balaban J connectivity index is 1.76. The molecule has 0 spiro atoms. The maximum Gasteiger partial charge on any atom is 0.237 e.